The average molecular weight is 266 g/mol. The number of ether oxygens (including phenoxy) is 1. The summed E-state index contributed by atoms with van der Waals surface area (Å²) in [6.07, 6.45) is 2.91. The minimum absolute atomic E-state index is 0.201. The molecular formula is C11H8ClN3OS. The van der Waals surface area contributed by atoms with Crippen LogP contribution < -0.4 is 10.5 Å². The number of nitrogens with zero attached hydrogens (tertiary/aromatic N) is 2. The summed E-state index contributed by atoms with van der Waals surface area (Å²) in [6, 6.07) is 7.00. The Morgan fingerprint density at radius 3 is 2.71 bits per heavy atom. The molecule has 0 aliphatic heterocycles. The summed E-state index contributed by atoms with van der Waals surface area (Å²) in [7, 11) is 0. The molecule has 1 heterocycles. The zero-order valence-electron chi connectivity index (χ0n) is 8.63. The van der Waals surface area contributed by atoms with Gasteiger partial charge in [0.25, 0.3) is 0 Å². The highest BCUT2D eigenvalue weighted by molar-refractivity contribution is 7.80. The molecule has 0 amide bonds. The van der Waals surface area contributed by atoms with Crippen LogP contribution in [-0.4, -0.2) is 15.0 Å². The highest BCUT2D eigenvalue weighted by Crippen LogP contribution is 2.21. The number of nitrogens with two attached hydrogens (primary N) is 1. The Balaban J connectivity index is 2.16. The highest BCUT2D eigenvalue weighted by Gasteiger charge is 2.02. The van der Waals surface area contributed by atoms with Gasteiger partial charge in [-0.05, 0) is 18.2 Å². The summed E-state index contributed by atoms with van der Waals surface area (Å²) in [6.45, 7) is 0. The van der Waals surface area contributed by atoms with Crippen molar-refractivity contribution < 1.29 is 4.74 Å². The first-order chi connectivity index (χ1) is 8.15. The van der Waals surface area contributed by atoms with Crippen molar-refractivity contribution in [1.82, 2.24) is 9.97 Å². The van der Waals surface area contributed by atoms with Crippen LogP contribution in [0.25, 0.3) is 0 Å². The maximum absolute atomic E-state index is 5.83. The van der Waals surface area contributed by atoms with Gasteiger partial charge in [-0.2, -0.15) is 0 Å². The molecule has 0 saturated carbocycles. The molecule has 1 aromatic heterocycles. The molecule has 0 spiro atoms. The maximum atomic E-state index is 5.83. The van der Waals surface area contributed by atoms with Crippen molar-refractivity contribution in [1.29, 1.82) is 0 Å². The molecule has 1 aromatic carbocycles. The average Bonchev–Trinajstić information content (AvgIpc) is 2.29. The van der Waals surface area contributed by atoms with E-state index in [4.69, 9.17) is 34.3 Å². The number of aromatic nitrogens is 2. The van der Waals surface area contributed by atoms with Crippen LogP contribution in [0.2, 0.25) is 5.02 Å². The number of hydrogen-bond acceptors (Lipinski definition) is 4. The van der Waals surface area contributed by atoms with Crippen LogP contribution in [0.15, 0.2) is 36.7 Å². The molecule has 6 heteroatoms. The van der Waals surface area contributed by atoms with E-state index in [0.717, 1.165) is 0 Å². The number of rotatable bonds is 3. The van der Waals surface area contributed by atoms with Crippen LogP contribution in [0.1, 0.15) is 5.69 Å². The molecule has 0 fully saturated rings. The van der Waals surface area contributed by atoms with Crippen molar-refractivity contribution in [3.05, 3.63) is 47.4 Å². The van der Waals surface area contributed by atoms with E-state index in [1.165, 1.54) is 12.4 Å². The molecule has 2 rings (SSSR count). The topological polar surface area (TPSA) is 61.0 Å². The van der Waals surface area contributed by atoms with E-state index in [1.54, 1.807) is 24.3 Å². The zero-order valence-corrected chi connectivity index (χ0v) is 10.2. The van der Waals surface area contributed by atoms with Crippen molar-refractivity contribution in [2.24, 2.45) is 5.73 Å². The molecule has 0 aliphatic rings. The number of halogens is 1. The molecule has 0 radical (unpaired) electrons. The van der Waals surface area contributed by atoms with E-state index in [9.17, 15) is 0 Å². The number of thiocarbonyl (C=S) groups is 1. The minimum atomic E-state index is 0.201. The Kier molecular flexibility index (Phi) is 3.51. The van der Waals surface area contributed by atoms with Gasteiger partial charge in [0, 0.05) is 5.02 Å². The van der Waals surface area contributed by atoms with Crippen molar-refractivity contribution in [2.45, 2.75) is 0 Å². The molecule has 4 nitrogen and oxygen atoms in total. The maximum Gasteiger partial charge on any atom is 0.237 e. The summed E-state index contributed by atoms with van der Waals surface area (Å²) in [5.41, 5.74) is 5.86. The van der Waals surface area contributed by atoms with Gasteiger partial charge >= 0.3 is 0 Å². The molecule has 0 unspecified atom stereocenters. The Morgan fingerprint density at radius 1 is 1.29 bits per heavy atom. The summed E-state index contributed by atoms with van der Waals surface area (Å²) < 4.78 is 5.45. The van der Waals surface area contributed by atoms with Gasteiger partial charge in [-0.3, -0.25) is 0 Å². The number of hydrogen-bond donors (Lipinski definition) is 1. The third-order valence-corrected chi connectivity index (χ3v) is 2.34. The SMILES string of the molecule is NC(=S)c1cnc(Oc2cccc(Cl)c2)cn1. The van der Waals surface area contributed by atoms with E-state index in [-0.39, 0.29) is 4.99 Å². The van der Waals surface area contributed by atoms with Crippen LogP contribution in [0.4, 0.5) is 0 Å². The predicted molar refractivity (Wildman–Crippen MR) is 69.4 cm³/mol. The molecular weight excluding hydrogens is 258 g/mol. The first-order valence-electron chi connectivity index (χ1n) is 4.70. The normalized spacial score (nSPS) is 9.94. The molecule has 86 valence electrons. The van der Waals surface area contributed by atoms with Crippen LogP contribution in [0, 0.1) is 0 Å². The monoisotopic (exact) mass is 265 g/mol. The molecule has 17 heavy (non-hydrogen) atoms. The molecule has 0 atom stereocenters. The first-order valence-corrected chi connectivity index (χ1v) is 5.49. The van der Waals surface area contributed by atoms with E-state index in [2.05, 4.69) is 9.97 Å². The lowest BCUT2D eigenvalue weighted by atomic mass is 10.3. The van der Waals surface area contributed by atoms with Gasteiger partial charge in [0.15, 0.2) is 0 Å². The Bertz CT molecular complexity index is 545. The summed E-state index contributed by atoms with van der Waals surface area (Å²) in [4.78, 5) is 8.24. The van der Waals surface area contributed by atoms with Crippen LogP contribution in [0.3, 0.4) is 0 Å². The van der Waals surface area contributed by atoms with Crippen molar-refractivity contribution >= 4 is 28.8 Å². The van der Waals surface area contributed by atoms with E-state index >= 15 is 0 Å². The third-order valence-electron chi connectivity index (χ3n) is 1.90. The molecule has 0 aliphatic carbocycles. The Hall–Kier alpha value is -1.72. The second-order valence-corrected chi connectivity index (χ2v) is 4.04. The molecule has 2 aromatic rings. The van der Waals surface area contributed by atoms with E-state index in [0.29, 0.717) is 22.3 Å². The van der Waals surface area contributed by atoms with Crippen LogP contribution in [0.5, 0.6) is 11.6 Å². The molecule has 0 saturated heterocycles. The second-order valence-electron chi connectivity index (χ2n) is 3.16. The summed E-state index contributed by atoms with van der Waals surface area (Å²) in [5.74, 6) is 0.946. The zero-order chi connectivity index (χ0) is 12.3. The first kappa shape index (κ1) is 11.8. The highest BCUT2D eigenvalue weighted by atomic mass is 35.5. The minimum Gasteiger partial charge on any atom is -0.437 e. The Morgan fingerprint density at radius 2 is 2.12 bits per heavy atom. The Labute approximate surface area is 108 Å². The fraction of sp³-hybridized carbons (Fsp3) is 0. The smallest absolute Gasteiger partial charge is 0.237 e. The van der Waals surface area contributed by atoms with E-state index < -0.39 is 0 Å². The van der Waals surface area contributed by atoms with Crippen molar-refractivity contribution in [3.8, 4) is 11.6 Å². The van der Waals surface area contributed by atoms with E-state index in [1.807, 2.05) is 0 Å². The van der Waals surface area contributed by atoms with Crippen molar-refractivity contribution in [2.75, 3.05) is 0 Å². The van der Waals surface area contributed by atoms with Crippen LogP contribution >= 0.6 is 23.8 Å². The van der Waals surface area contributed by atoms with Gasteiger partial charge in [-0.15, -0.1) is 0 Å². The summed E-state index contributed by atoms with van der Waals surface area (Å²) in [5, 5.41) is 0.593. The predicted octanol–water partition coefficient (Wildman–Crippen LogP) is 2.56. The van der Waals surface area contributed by atoms with Crippen molar-refractivity contribution in [3.63, 3.8) is 0 Å². The van der Waals surface area contributed by atoms with Gasteiger partial charge in [0.1, 0.15) is 16.4 Å². The second kappa shape index (κ2) is 5.07. The van der Waals surface area contributed by atoms with Crippen LogP contribution in [-0.2, 0) is 0 Å². The molecule has 0 bridgehead atoms. The standard InChI is InChI=1S/C11H8ClN3OS/c12-7-2-1-3-8(4-7)16-10-6-14-9(5-15-10)11(13)17/h1-6H,(H2,13,17). The van der Waals surface area contributed by atoms with Gasteiger partial charge in [0.05, 0.1) is 12.4 Å². The quantitative estimate of drug-likeness (QED) is 0.865. The van der Waals surface area contributed by atoms with Gasteiger partial charge in [-0.1, -0.05) is 29.9 Å². The lowest BCUT2D eigenvalue weighted by molar-refractivity contribution is 0.460. The fourth-order valence-electron chi connectivity index (χ4n) is 1.15. The summed E-state index contributed by atoms with van der Waals surface area (Å²) >= 11 is 10.6. The van der Waals surface area contributed by atoms with Gasteiger partial charge < -0.3 is 10.5 Å². The number of benzene rings is 1. The van der Waals surface area contributed by atoms with Gasteiger partial charge in [-0.25, -0.2) is 9.97 Å². The third kappa shape index (κ3) is 3.12. The molecule has 2 N–H and O–H groups in total. The largest absolute Gasteiger partial charge is 0.437 e. The lowest BCUT2D eigenvalue weighted by Gasteiger charge is -2.04. The fourth-order valence-corrected chi connectivity index (χ4v) is 1.43. The lowest BCUT2D eigenvalue weighted by Crippen LogP contribution is -2.11. The van der Waals surface area contributed by atoms with Gasteiger partial charge in [0.2, 0.25) is 5.88 Å².